The summed E-state index contributed by atoms with van der Waals surface area (Å²) >= 11 is 0. The van der Waals surface area contributed by atoms with Crippen LogP contribution >= 0.6 is 0 Å². The zero-order chi connectivity index (χ0) is 21.8. The first-order valence-electron chi connectivity index (χ1n) is 10.3. The number of nitrogens with two attached hydrogens (primary N) is 1. The molecular formula is C23H28FN3O3. The van der Waals surface area contributed by atoms with Gasteiger partial charge in [0.05, 0.1) is 18.1 Å². The molecule has 2 heterocycles. The minimum atomic E-state index is -0.831. The molecule has 7 heteroatoms. The van der Waals surface area contributed by atoms with Crippen LogP contribution in [0.15, 0.2) is 41.0 Å². The van der Waals surface area contributed by atoms with E-state index in [4.69, 9.17) is 15.2 Å². The molecule has 1 unspecified atom stereocenters. The number of carbonyl (C=O) groups is 1. The molecule has 2 aliphatic heterocycles. The molecule has 3 rings (SSSR count). The monoisotopic (exact) mass is 413 g/mol. The Balaban J connectivity index is 1.93. The number of piperidine rings is 1. The fraction of sp³-hybridized carbons (Fsp3) is 0.478. The molecule has 1 aromatic carbocycles. The number of hydrogen-bond donors (Lipinski definition) is 1. The lowest BCUT2D eigenvalue weighted by Gasteiger charge is -2.30. The Kier molecular flexibility index (Phi) is 6.78. The molecule has 1 saturated heterocycles. The number of benzene rings is 1. The quantitative estimate of drug-likeness (QED) is 0.741. The lowest BCUT2D eigenvalue weighted by molar-refractivity contribution is -0.139. The van der Waals surface area contributed by atoms with E-state index in [0.717, 1.165) is 25.9 Å². The zero-order valence-electron chi connectivity index (χ0n) is 17.7. The SMILES string of the molecule is CCOC(=O)C1=C(C)OC(N)=C(C#N)C1c1ccc(CN2CCC(C)CC2)c(F)c1. The van der Waals surface area contributed by atoms with E-state index in [9.17, 15) is 10.1 Å². The van der Waals surface area contributed by atoms with Crippen LogP contribution in [0.1, 0.15) is 50.7 Å². The van der Waals surface area contributed by atoms with Gasteiger partial charge < -0.3 is 15.2 Å². The second kappa shape index (κ2) is 9.31. The van der Waals surface area contributed by atoms with Gasteiger partial charge >= 0.3 is 5.97 Å². The number of hydrogen-bond acceptors (Lipinski definition) is 6. The Morgan fingerprint density at radius 3 is 2.70 bits per heavy atom. The molecule has 1 aromatic rings. The fourth-order valence-electron chi connectivity index (χ4n) is 4.02. The number of likely N-dealkylation sites (tertiary alicyclic amines) is 1. The van der Waals surface area contributed by atoms with Crippen LogP contribution < -0.4 is 5.73 Å². The molecule has 1 atom stereocenters. The van der Waals surface area contributed by atoms with Crippen molar-refractivity contribution in [2.45, 2.75) is 46.1 Å². The summed E-state index contributed by atoms with van der Waals surface area (Å²) in [4.78, 5) is 14.8. The van der Waals surface area contributed by atoms with Crippen LogP contribution in [0, 0.1) is 23.1 Å². The van der Waals surface area contributed by atoms with Gasteiger partial charge in [-0.1, -0.05) is 19.1 Å². The summed E-state index contributed by atoms with van der Waals surface area (Å²) < 4.78 is 25.6. The first-order chi connectivity index (χ1) is 14.3. The van der Waals surface area contributed by atoms with E-state index in [1.165, 1.54) is 6.07 Å². The molecule has 0 spiro atoms. The molecule has 2 aliphatic rings. The van der Waals surface area contributed by atoms with E-state index >= 15 is 4.39 Å². The van der Waals surface area contributed by atoms with Gasteiger partial charge in [0, 0.05) is 12.1 Å². The summed E-state index contributed by atoms with van der Waals surface area (Å²) in [5, 5.41) is 9.63. The van der Waals surface area contributed by atoms with Gasteiger partial charge in [-0.05, 0) is 57.3 Å². The van der Waals surface area contributed by atoms with Gasteiger partial charge in [0.25, 0.3) is 0 Å². The van der Waals surface area contributed by atoms with E-state index < -0.39 is 11.9 Å². The Labute approximate surface area is 176 Å². The highest BCUT2D eigenvalue weighted by molar-refractivity contribution is 5.92. The van der Waals surface area contributed by atoms with Crippen molar-refractivity contribution in [3.63, 3.8) is 0 Å². The van der Waals surface area contributed by atoms with Gasteiger partial charge in [0.15, 0.2) is 0 Å². The maximum atomic E-state index is 15.0. The van der Waals surface area contributed by atoms with Crippen molar-refractivity contribution in [2.24, 2.45) is 11.7 Å². The second-order valence-corrected chi connectivity index (χ2v) is 7.92. The fourth-order valence-corrected chi connectivity index (χ4v) is 4.02. The van der Waals surface area contributed by atoms with Crippen LogP contribution in [0.3, 0.4) is 0 Å². The second-order valence-electron chi connectivity index (χ2n) is 7.92. The van der Waals surface area contributed by atoms with Crippen molar-refractivity contribution < 1.29 is 18.7 Å². The van der Waals surface area contributed by atoms with Crippen molar-refractivity contribution in [1.29, 1.82) is 5.26 Å². The molecule has 1 fully saturated rings. The van der Waals surface area contributed by atoms with Crippen molar-refractivity contribution in [3.05, 3.63) is 57.9 Å². The lowest BCUT2D eigenvalue weighted by Crippen LogP contribution is -2.32. The lowest BCUT2D eigenvalue weighted by atomic mass is 9.82. The number of esters is 1. The van der Waals surface area contributed by atoms with Gasteiger partial charge in [0.1, 0.15) is 23.2 Å². The van der Waals surface area contributed by atoms with Crippen LogP contribution in [-0.2, 0) is 20.8 Å². The molecule has 0 aromatic heterocycles. The summed E-state index contributed by atoms with van der Waals surface area (Å²) in [6.07, 6.45) is 2.23. The van der Waals surface area contributed by atoms with Crippen LogP contribution in [0.5, 0.6) is 0 Å². The van der Waals surface area contributed by atoms with Gasteiger partial charge in [0.2, 0.25) is 5.88 Å². The molecule has 0 amide bonds. The molecular weight excluding hydrogens is 385 g/mol. The molecule has 0 radical (unpaired) electrons. The predicted octanol–water partition coefficient (Wildman–Crippen LogP) is 3.70. The van der Waals surface area contributed by atoms with Crippen molar-refractivity contribution in [1.82, 2.24) is 4.90 Å². The highest BCUT2D eigenvalue weighted by Crippen LogP contribution is 2.40. The normalized spacial score (nSPS) is 20.7. The molecule has 6 nitrogen and oxygen atoms in total. The molecule has 0 saturated carbocycles. The third-order valence-corrected chi connectivity index (χ3v) is 5.78. The summed E-state index contributed by atoms with van der Waals surface area (Å²) in [6, 6.07) is 6.87. The minimum Gasteiger partial charge on any atom is -0.463 e. The van der Waals surface area contributed by atoms with E-state index in [2.05, 4.69) is 11.8 Å². The van der Waals surface area contributed by atoms with E-state index in [1.807, 2.05) is 6.07 Å². The average Bonchev–Trinajstić information content (AvgIpc) is 2.70. The Bertz CT molecular complexity index is 924. The number of allylic oxidation sites excluding steroid dienone is 2. The summed E-state index contributed by atoms with van der Waals surface area (Å²) in [6.45, 7) is 8.13. The number of ether oxygens (including phenoxy) is 2. The summed E-state index contributed by atoms with van der Waals surface area (Å²) in [5.41, 5.74) is 7.19. The standard InChI is InChI=1S/C23H28FN3O3/c1-4-29-23(28)20-15(3)30-22(26)18(12-25)21(20)16-5-6-17(19(24)11-16)13-27-9-7-14(2)8-10-27/h5-6,11,14,21H,4,7-10,13,26H2,1-3H3. The van der Waals surface area contributed by atoms with Crippen LogP contribution in [-0.4, -0.2) is 30.6 Å². The van der Waals surface area contributed by atoms with Crippen molar-refractivity contribution >= 4 is 5.97 Å². The van der Waals surface area contributed by atoms with Crippen LogP contribution in [0.4, 0.5) is 4.39 Å². The third-order valence-electron chi connectivity index (χ3n) is 5.78. The van der Waals surface area contributed by atoms with E-state index in [0.29, 0.717) is 23.6 Å². The number of halogens is 1. The highest BCUT2D eigenvalue weighted by Gasteiger charge is 2.36. The van der Waals surface area contributed by atoms with Gasteiger partial charge in [-0.25, -0.2) is 9.18 Å². The molecule has 160 valence electrons. The largest absolute Gasteiger partial charge is 0.463 e. The maximum Gasteiger partial charge on any atom is 0.338 e. The van der Waals surface area contributed by atoms with Gasteiger partial charge in [-0.3, -0.25) is 4.90 Å². The first kappa shape index (κ1) is 21.8. The molecule has 30 heavy (non-hydrogen) atoms. The highest BCUT2D eigenvalue weighted by atomic mass is 19.1. The zero-order valence-corrected chi connectivity index (χ0v) is 17.7. The maximum absolute atomic E-state index is 15.0. The molecule has 0 bridgehead atoms. The van der Waals surface area contributed by atoms with Gasteiger partial charge in [-0.15, -0.1) is 0 Å². The Morgan fingerprint density at radius 2 is 2.10 bits per heavy atom. The van der Waals surface area contributed by atoms with Crippen molar-refractivity contribution in [2.75, 3.05) is 19.7 Å². The number of carbonyl (C=O) groups excluding carboxylic acids is 1. The Morgan fingerprint density at radius 1 is 1.40 bits per heavy atom. The average molecular weight is 413 g/mol. The smallest absolute Gasteiger partial charge is 0.338 e. The number of nitriles is 1. The molecule has 0 aliphatic carbocycles. The molecule has 2 N–H and O–H groups in total. The third kappa shape index (κ3) is 4.49. The first-order valence-corrected chi connectivity index (χ1v) is 10.3. The number of nitrogens with zero attached hydrogens (tertiary/aromatic N) is 2. The summed E-state index contributed by atoms with van der Waals surface area (Å²) in [7, 11) is 0. The minimum absolute atomic E-state index is 0.0702. The van der Waals surface area contributed by atoms with Crippen molar-refractivity contribution in [3.8, 4) is 6.07 Å². The van der Waals surface area contributed by atoms with Crippen LogP contribution in [0.25, 0.3) is 0 Å². The van der Waals surface area contributed by atoms with E-state index in [-0.39, 0.29) is 35.2 Å². The van der Waals surface area contributed by atoms with E-state index in [1.54, 1.807) is 26.0 Å². The predicted molar refractivity (Wildman–Crippen MR) is 110 cm³/mol. The topological polar surface area (TPSA) is 88.6 Å². The number of rotatable bonds is 5. The summed E-state index contributed by atoms with van der Waals surface area (Å²) in [5.74, 6) is -0.925. The van der Waals surface area contributed by atoms with Gasteiger partial charge in [-0.2, -0.15) is 5.26 Å². The Hall–Kier alpha value is -2.85. The van der Waals surface area contributed by atoms with Crippen LogP contribution in [0.2, 0.25) is 0 Å².